The van der Waals surface area contributed by atoms with Crippen LogP contribution < -0.4 is 0 Å². The van der Waals surface area contributed by atoms with E-state index in [-0.39, 0.29) is 6.61 Å². The zero-order chi connectivity index (χ0) is 25.8. The molecular formula is C24H36O12. The summed E-state index contributed by atoms with van der Waals surface area (Å²) in [6.07, 6.45) is -6.47. The average Bonchev–Trinajstić information content (AvgIpc) is 3.42. The maximum absolute atomic E-state index is 13.3. The lowest BCUT2D eigenvalue weighted by Gasteiger charge is -2.38. The highest BCUT2D eigenvalue weighted by Crippen LogP contribution is 2.46. The molecule has 12 nitrogen and oxygen atoms in total. The van der Waals surface area contributed by atoms with Crippen LogP contribution in [0.25, 0.3) is 0 Å². The molecule has 6 fully saturated rings. The van der Waals surface area contributed by atoms with Gasteiger partial charge in [-0.1, -0.05) is 0 Å². The van der Waals surface area contributed by atoms with Crippen molar-refractivity contribution < 1.29 is 56.9 Å². The normalized spacial score (nSPS) is 49.1. The molecule has 0 spiro atoms. The Kier molecular flexibility index (Phi) is 5.66. The Morgan fingerprint density at radius 1 is 0.556 bits per heavy atom. The summed E-state index contributed by atoms with van der Waals surface area (Å²) in [5, 5.41) is 0. The second-order valence-corrected chi connectivity index (χ2v) is 11.9. The molecule has 6 rings (SSSR count). The molecular weight excluding hydrogens is 480 g/mol. The predicted octanol–water partition coefficient (Wildman–Crippen LogP) is 1.32. The van der Waals surface area contributed by atoms with Crippen LogP contribution in [0.3, 0.4) is 0 Å². The van der Waals surface area contributed by atoms with Gasteiger partial charge in [0.2, 0.25) is 0 Å². The Labute approximate surface area is 210 Å². The minimum absolute atomic E-state index is 0.106. The van der Waals surface area contributed by atoms with Crippen LogP contribution in [-0.2, 0) is 56.9 Å². The van der Waals surface area contributed by atoms with Crippen molar-refractivity contribution in [3.05, 3.63) is 0 Å². The number of hydrogen-bond donors (Lipinski definition) is 0. The van der Waals surface area contributed by atoms with Crippen LogP contribution in [0.5, 0.6) is 0 Å². The standard InChI is InChI=1S/C24H36O12/c1-21(2)29-11-10(27-19-16(12(11)30-21)33-23(5,6)35-19)9-26-18(25)15-13-14(32-22(3,4)31-13)17-20(28-15)36-24(7,8)34-17/h10-17,19-20H,9H2,1-8H3/t10-,11+,12+,13-,14+,15+,16-,17-,19-,20-/m1/s1. The van der Waals surface area contributed by atoms with Crippen molar-refractivity contribution in [3.63, 3.8) is 0 Å². The molecule has 0 aromatic heterocycles. The van der Waals surface area contributed by atoms with Gasteiger partial charge in [-0.05, 0) is 55.4 Å². The summed E-state index contributed by atoms with van der Waals surface area (Å²) >= 11 is 0. The summed E-state index contributed by atoms with van der Waals surface area (Å²) in [7, 11) is 0. The average molecular weight is 517 g/mol. The fourth-order valence-corrected chi connectivity index (χ4v) is 5.88. The SMILES string of the molecule is CC1(C)O[C@H]2[C@@H](O1)[C@@H](C(=O)OC[C@H]1O[C@@H]3OC(C)(C)O[C@@H]3[C@H]3OC(C)(C)O[C@H]31)O[C@@H]1OC(C)(C)O[C@@H]12. The summed E-state index contributed by atoms with van der Waals surface area (Å²) in [5.74, 6) is -4.13. The molecule has 204 valence electrons. The van der Waals surface area contributed by atoms with Gasteiger partial charge in [-0.3, -0.25) is 0 Å². The van der Waals surface area contributed by atoms with Crippen molar-refractivity contribution in [2.75, 3.05) is 6.61 Å². The molecule has 0 aliphatic carbocycles. The molecule has 6 saturated heterocycles. The Bertz CT molecular complexity index is 902. The van der Waals surface area contributed by atoms with E-state index in [4.69, 9.17) is 52.1 Å². The van der Waals surface area contributed by atoms with E-state index >= 15 is 0 Å². The van der Waals surface area contributed by atoms with E-state index in [1.165, 1.54) is 0 Å². The third kappa shape index (κ3) is 4.39. The van der Waals surface area contributed by atoms with Crippen LogP contribution in [0.4, 0.5) is 0 Å². The molecule has 0 amide bonds. The molecule has 12 heteroatoms. The number of rotatable bonds is 3. The molecule has 6 aliphatic rings. The Hall–Kier alpha value is -0.930. The van der Waals surface area contributed by atoms with Gasteiger partial charge < -0.3 is 52.1 Å². The van der Waals surface area contributed by atoms with Gasteiger partial charge in [0.25, 0.3) is 0 Å². The Balaban J connectivity index is 1.17. The summed E-state index contributed by atoms with van der Waals surface area (Å²) in [6.45, 7) is 14.3. The topological polar surface area (TPSA) is 119 Å². The van der Waals surface area contributed by atoms with Gasteiger partial charge in [0.1, 0.15) is 49.3 Å². The van der Waals surface area contributed by atoms with Crippen LogP contribution in [0, 0.1) is 0 Å². The number of ether oxygens (including phenoxy) is 11. The third-order valence-corrected chi connectivity index (χ3v) is 7.03. The summed E-state index contributed by atoms with van der Waals surface area (Å²) in [6, 6.07) is 0. The van der Waals surface area contributed by atoms with Crippen LogP contribution in [0.1, 0.15) is 55.4 Å². The molecule has 0 aromatic carbocycles. The molecule has 0 unspecified atom stereocenters. The van der Waals surface area contributed by atoms with Crippen molar-refractivity contribution >= 4 is 5.97 Å². The minimum Gasteiger partial charge on any atom is -0.461 e. The lowest BCUT2D eigenvalue weighted by Crippen LogP contribution is -2.59. The zero-order valence-corrected chi connectivity index (χ0v) is 21.9. The van der Waals surface area contributed by atoms with Crippen molar-refractivity contribution in [3.8, 4) is 0 Å². The number of esters is 1. The van der Waals surface area contributed by atoms with E-state index < -0.39 is 90.5 Å². The van der Waals surface area contributed by atoms with Crippen LogP contribution >= 0.6 is 0 Å². The molecule has 36 heavy (non-hydrogen) atoms. The molecule has 10 atom stereocenters. The van der Waals surface area contributed by atoms with E-state index in [1.807, 2.05) is 27.7 Å². The highest BCUT2D eigenvalue weighted by atomic mass is 16.9. The van der Waals surface area contributed by atoms with Crippen molar-refractivity contribution in [1.82, 2.24) is 0 Å². The van der Waals surface area contributed by atoms with Gasteiger partial charge in [0, 0.05) is 0 Å². The molecule has 0 saturated carbocycles. The van der Waals surface area contributed by atoms with Gasteiger partial charge in [-0.15, -0.1) is 0 Å². The zero-order valence-electron chi connectivity index (χ0n) is 21.9. The monoisotopic (exact) mass is 516 g/mol. The molecule has 0 bridgehead atoms. The second-order valence-electron chi connectivity index (χ2n) is 11.9. The van der Waals surface area contributed by atoms with E-state index in [1.54, 1.807) is 27.7 Å². The van der Waals surface area contributed by atoms with Gasteiger partial charge in [-0.2, -0.15) is 0 Å². The largest absolute Gasteiger partial charge is 0.461 e. The summed E-state index contributed by atoms with van der Waals surface area (Å²) < 4.78 is 66.0. The first-order valence-electron chi connectivity index (χ1n) is 12.5. The van der Waals surface area contributed by atoms with Gasteiger partial charge in [0.05, 0.1) is 0 Å². The smallest absolute Gasteiger partial charge is 0.338 e. The Morgan fingerprint density at radius 3 is 1.56 bits per heavy atom. The van der Waals surface area contributed by atoms with Crippen LogP contribution in [0.15, 0.2) is 0 Å². The molecule has 0 aromatic rings. The Morgan fingerprint density at radius 2 is 0.972 bits per heavy atom. The van der Waals surface area contributed by atoms with Crippen molar-refractivity contribution in [2.45, 2.75) is 140 Å². The minimum atomic E-state index is -1.08. The van der Waals surface area contributed by atoms with Gasteiger partial charge in [-0.25, -0.2) is 4.79 Å². The first-order chi connectivity index (χ1) is 16.6. The lowest BCUT2D eigenvalue weighted by molar-refractivity contribution is -0.252. The quantitative estimate of drug-likeness (QED) is 0.503. The third-order valence-electron chi connectivity index (χ3n) is 7.03. The lowest BCUT2D eigenvalue weighted by atomic mass is 9.98. The highest BCUT2D eigenvalue weighted by Gasteiger charge is 2.64. The fourth-order valence-electron chi connectivity index (χ4n) is 5.88. The van der Waals surface area contributed by atoms with E-state index in [0.717, 1.165) is 0 Å². The molecule has 0 radical (unpaired) electrons. The molecule has 6 aliphatic heterocycles. The number of carbonyl (C=O) groups excluding carboxylic acids is 1. The van der Waals surface area contributed by atoms with Crippen molar-refractivity contribution in [2.24, 2.45) is 0 Å². The number of fused-ring (bicyclic) bond motifs is 6. The maximum Gasteiger partial charge on any atom is 0.338 e. The predicted molar refractivity (Wildman–Crippen MR) is 116 cm³/mol. The van der Waals surface area contributed by atoms with Gasteiger partial charge in [0.15, 0.2) is 41.8 Å². The van der Waals surface area contributed by atoms with Crippen LogP contribution in [0.2, 0.25) is 0 Å². The highest BCUT2D eigenvalue weighted by molar-refractivity contribution is 5.76. The first-order valence-corrected chi connectivity index (χ1v) is 12.5. The summed E-state index contributed by atoms with van der Waals surface area (Å²) in [4.78, 5) is 13.3. The van der Waals surface area contributed by atoms with E-state index in [0.29, 0.717) is 0 Å². The molecule has 0 N–H and O–H groups in total. The van der Waals surface area contributed by atoms with E-state index in [9.17, 15) is 4.79 Å². The van der Waals surface area contributed by atoms with Crippen LogP contribution in [-0.4, -0.2) is 97.1 Å². The number of hydrogen-bond acceptors (Lipinski definition) is 12. The first kappa shape index (κ1) is 25.4. The van der Waals surface area contributed by atoms with E-state index in [2.05, 4.69) is 0 Å². The van der Waals surface area contributed by atoms with Crippen molar-refractivity contribution in [1.29, 1.82) is 0 Å². The molecule has 6 heterocycles. The maximum atomic E-state index is 13.3. The van der Waals surface area contributed by atoms with Gasteiger partial charge >= 0.3 is 5.97 Å². The summed E-state index contributed by atoms with van der Waals surface area (Å²) in [5.41, 5.74) is 0. The second kappa shape index (κ2) is 8.04. The fraction of sp³-hybridized carbons (Fsp3) is 0.958. The number of carbonyl (C=O) groups is 1.